The molecule has 400 valence electrons. The number of para-hydroxylation sites is 1. The second kappa shape index (κ2) is 18.9. The van der Waals surface area contributed by atoms with Crippen LogP contribution in [0.2, 0.25) is 0 Å². The first-order chi connectivity index (χ1) is 44.1. The summed E-state index contributed by atoms with van der Waals surface area (Å²) in [4.78, 5) is 4.90. The van der Waals surface area contributed by atoms with Gasteiger partial charge in [-0.25, -0.2) is 4.98 Å². The van der Waals surface area contributed by atoms with Crippen LogP contribution >= 0.6 is 0 Å². The van der Waals surface area contributed by atoms with Gasteiger partial charge in [-0.2, -0.15) is 0 Å². The van der Waals surface area contributed by atoms with Gasteiger partial charge in [0.1, 0.15) is 17.3 Å². The fraction of sp³-hybridized carbons (Fsp3) is 0.211. The highest BCUT2D eigenvalue weighted by atomic mass is 16.5. The summed E-state index contributed by atoms with van der Waals surface area (Å²) >= 11 is 0. The zero-order chi connectivity index (χ0) is 67.6. The number of benzene rings is 9. The highest BCUT2D eigenvalue weighted by Gasteiger charge is 2.30. The van der Waals surface area contributed by atoms with Crippen molar-refractivity contribution in [2.75, 3.05) is 0 Å². The predicted octanol–water partition coefficient (Wildman–Crippen LogP) is 19.8. The van der Waals surface area contributed by atoms with E-state index < -0.39 is 84.0 Å². The van der Waals surface area contributed by atoms with Gasteiger partial charge in [0.05, 0.1) is 51.3 Å². The number of aromatic nitrogens is 4. The Labute approximate surface area is 496 Å². The first kappa shape index (κ1) is 38.7. The molecule has 0 spiro atoms. The molecular formula is C76H70N4O. The summed E-state index contributed by atoms with van der Waals surface area (Å²) in [5, 5.41) is 2.05. The molecule has 0 amide bonds. The quantitative estimate of drug-likeness (QED) is 0.123. The first-order valence-electron chi connectivity index (χ1n) is 34.0. The summed E-state index contributed by atoms with van der Waals surface area (Å²) < 4.78 is 137. The Morgan fingerprint density at radius 1 is 0.432 bits per heavy atom. The minimum Gasteiger partial charge on any atom is -0.458 e. The van der Waals surface area contributed by atoms with Gasteiger partial charge in [0.25, 0.3) is 6.33 Å². The van der Waals surface area contributed by atoms with E-state index in [-0.39, 0.29) is 72.0 Å². The predicted molar refractivity (Wildman–Crippen MR) is 338 cm³/mol. The van der Waals surface area contributed by atoms with Crippen molar-refractivity contribution in [2.24, 2.45) is 0 Å². The third-order valence-corrected chi connectivity index (χ3v) is 15.7. The number of hydrogen-bond acceptors (Lipinski definition) is 2. The molecule has 1 aliphatic heterocycles. The molecule has 0 radical (unpaired) electrons. The second-order valence-electron chi connectivity index (χ2n) is 25.4. The van der Waals surface area contributed by atoms with Crippen LogP contribution < -0.4 is 9.30 Å². The summed E-state index contributed by atoms with van der Waals surface area (Å²) in [5.74, 6) is 1.71. The Morgan fingerprint density at radius 2 is 1.00 bits per heavy atom. The van der Waals surface area contributed by atoms with Crippen molar-refractivity contribution >= 4 is 32.8 Å². The van der Waals surface area contributed by atoms with Crippen LogP contribution in [0.4, 0.5) is 0 Å². The van der Waals surface area contributed by atoms with Crippen LogP contribution in [0.15, 0.2) is 206 Å². The molecule has 0 saturated heterocycles. The molecule has 12 aromatic rings. The lowest BCUT2D eigenvalue weighted by Gasteiger charge is -2.26. The summed E-state index contributed by atoms with van der Waals surface area (Å²) in [5.41, 5.74) is 6.34. The van der Waals surface area contributed by atoms with E-state index in [1.54, 1.807) is 16.7 Å². The maximum atomic E-state index is 10.1. The van der Waals surface area contributed by atoms with E-state index in [4.69, 9.17) is 13.8 Å². The van der Waals surface area contributed by atoms with Crippen LogP contribution in [-0.4, -0.2) is 14.1 Å². The Hall–Kier alpha value is -8.80. The van der Waals surface area contributed by atoms with Crippen molar-refractivity contribution in [1.82, 2.24) is 14.1 Å². The molecule has 4 heterocycles. The van der Waals surface area contributed by atoms with Crippen molar-refractivity contribution in [1.29, 1.82) is 0 Å². The normalized spacial score (nSPS) is 14.9. The third-order valence-electron chi connectivity index (χ3n) is 15.7. The van der Waals surface area contributed by atoms with Gasteiger partial charge in [-0.05, 0) is 154 Å². The van der Waals surface area contributed by atoms with E-state index in [9.17, 15) is 13.7 Å². The van der Waals surface area contributed by atoms with Crippen LogP contribution in [0.25, 0.3) is 106 Å². The van der Waals surface area contributed by atoms with Crippen LogP contribution in [-0.2, 0) is 21.7 Å². The van der Waals surface area contributed by atoms with Crippen LogP contribution in [0.1, 0.15) is 123 Å². The molecule has 1 aliphatic rings. The second-order valence-corrected chi connectivity index (χ2v) is 25.4. The maximum Gasteiger partial charge on any atom is 0.269 e. The fourth-order valence-corrected chi connectivity index (χ4v) is 11.2. The fourth-order valence-electron chi connectivity index (χ4n) is 11.2. The van der Waals surface area contributed by atoms with Crippen molar-refractivity contribution in [3.63, 3.8) is 0 Å². The summed E-state index contributed by atoms with van der Waals surface area (Å²) in [6, 6.07) is 32.1. The zero-order valence-corrected chi connectivity index (χ0v) is 47.8. The number of fused-ring (bicyclic) bond motifs is 10. The topological polar surface area (TPSA) is 35.9 Å². The highest BCUT2D eigenvalue weighted by Crippen LogP contribution is 2.48. The summed E-state index contributed by atoms with van der Waals surface area (Å²) in [6.45, 7) is 25.2. The Balaban J connectivity index is 1.19. The van der Waals surface area contributed by atoms with E-state index in [1.165, 1.54) is 0 Å². The molecule has 0 fully saturated rings. The lowest BCUT2D eigenvalue weighted by molar-refractivity contribution is -0.570. The summed E-state index contributed by atoms with van der Waals surface area (Å²) in [6.07, 6.45) is 5.52. The van der Waals surface area contributed by atoms with Crippen molar-refractivity contribution in [3.8, 4) is 84.3 Å². The van der Waals surface area contributed by atoms with E-state index >= 15 is 0 Å². The Kier molecular flexibility index (Phi) is 9.05. The molecule has 13 rings (SSSR count). The van der Waals surface area contributed by atoms with Gasteiger partial charge in [-0.3, -0.25) is 13.7 Å². The molecule has 5 nitrogen and oxygen atoms in total. The average molecular weight is 1070 g/mol. The largest absolute Gasteiger partial charge is 0.458 e. The summed E-state index contributed by atoms with van der Waals surface area (Å²) in [7, 11) is 0. The number of ether oxygens (including phenoxy) is 1. The number of imidazole rings is 1. The number of pyridine rings is 1. The van der Waals surface area contributed by atoms with Crippen LogP contribution in [0.3, 0.4) is 0 Å². The minimum atomic E-state index is -0.770. The van der Waals surface area contributed by atoms with Gasteiger partial charge in [-0.15, -0.1) is 0 Å². The number of nitrogens with zero attached hydrogens (tertiary/aromatic N) is 4. The highest BCUT2D eigenvalue weighted by molar-refractivity contribution is 6.09. The van der Waals surface area contributed by atoms with Crippen LogP contribution in [0, 0.1) is 6.33 Å². The van der Waals surface area contributed by atoms with Gasteiger partial charge in [0.15, 0.2) is 0 Å². The molecule has 0 N–H and O–H groups in total. The Morgan fingerprint density at radius 3 is 1.67 bits per heavy atom. The molecular weight excluding hydrogens is 985 g/mol. The van der Waals surface area contributed by atoms with Crippen molar-refractivity contribution < 1.29 is 27.1 Å². The van der Waals surface area contributed by atoms with E-state index in [1.807, 2.05) is 104 Å². The van der Waals surface area contributed by atoms with E-state index in [0.29, 0.717) is 33.8 Å². The van der Waals surface area contributed by atoms with E-state index in [2.05, 4.69) is 110 Å². The van der Waals surface area contributed by atoms with Gasteiger partial charge in [0, 0.05) is 23.0 Å². The molecule has 0 atom stereocenters. The van der Waals surface area contributed by atoms with E-state index in [0.717, 1.165) is 49.9 Å². The zero-order valence-electron chi connectivity index (χ0n) is 60.8. The molecule has 81 heavy (non-hydrogen) atoms. The smallest absolute Gasteiger partial charge is 0.269 e. The standard InChI is InChI=1S/C76H70N4O/c1-73(2,3)51-35-36-77-70(44-51)80-67-32-21-20-31-62(67)63-34-33-57(46-68(63)80)81-56-26-22-25-55(45-56)78-47-79-71-64(48-23-14-13-15-24-48)42-54(76(10,11)12)43-66(71)61-30-19-17-28-59(61)58-27-16-18-29-60(58)65-39-50(40-69(78)72(65)79)49-37-52(74(4,5)6)41-53(38-49)75(7,8)9/h13-46H,1-12H3/i13D,14D,15D,16D,17D,18D,19D,23D,24D,27D,28D,29D,30D. The van der Waals surface area contributed by atoms with Crippen molar-refractivity contribution in [3.05, 3.63) is 235 Å². The Bertz CT molecular complexity index is 5210. The monoisotopic (exact) mass is 1070 g/mol. The third kappa shape index (κ3) is 9.13. The van der Waals surface area contributed by atoms with Gasteiger partial charge in [-0.1, -0.05) is 222 Å². The number of rotatable bonds is 6. The maximum absolute atomic E-state index is 10.1. The van der Waals surface area contributed by atoms with Gasteiger partial charge < -0.3 is 4.74 Å². The molecule has 0 aliphatic carbocycles. The first-order valence-corrected chi connectivity index (χ1v) is 27.5. The minimum absolute atomic E-state index is 0.0644. The lowest BCUT2D eigenvalue weighted by atomic mass is 9.78. The molecule has 0 unspecified atom stereocenters. The molecule has 3 aromatic heterocycles. The average Bonchev–Trinajstić information content (AvgIpc) is 1.46. The van der Waals surface area contributed by atoms with Gasteiger partial charge in [0.2, 0.25) is 0 Å². The molecule has 9 aromatic carbocycles. The van der Waals surface area contributed by atoms with Crippen molar-refractivity contribution in [2.45, 2.75) is 105 Å². The molecule has 5 heteroatoms. The molecule has 0 bridgehead atoms. The number of hydrogen-bond donors (Lipinski definition) is 0. The van der Waals surface area contributed by atoms with Gasteiger partial charge >= 0.3 is 0 Å². The van der Waals surface area contributed by atoms with Crippen LogP contribution in [0.5, 0.6) is 11.5 Å². The lowest BCUT2D eigenvalue weighted by Crippen LogP contribution is -2.32. The molecule has 0 saturated carbocycles. The SMILES string of the molecule is [2H]c1c([2H])c([2H])c(-c2cc(C(C)(C)C)cc3c2-[n+]2[c-]n(-c4cccc(Oc5ccc6c7ccccc7n(-c7cc(C(C)(C)C)ccn7)c6c5)c4)c4cc(-c5cc(C(C)(C)C)cc(C(C)(C)C)c5)cc(c42)-c2c([2H])c([2H])c([2H])c([2H])c2-c2c([2H])c([2H])c([2H])c([2H])c2-3)c([2H])c1[2H].